The van der Waals surface area contributed by atoms with Gasteiger partial charge in [0.15, 0.2) is 5.11 Å². The van der Waals surface area contributed by atoms with Crippen molar-refractivity contribution in [3.05, 3.63) is 101 Å². The Bertz CT molecular complexity index is 1530. The number of amides is 1. The molecular weight excluding hydrogens is 506 g/mol. The predicted octanol–water partition coefficient (Wildman–Crippen LogP) is 6.33. The Morgan fingerprint density at radius 3 is 2.56 bits per heavy atom. The number of aryl methyl sites for hydroxylation is 2. The fraction of sp³-hybridized carbons (Fsp3) is 0.258. The molecule has 1 aliphatic heterocycles. The van der Waals surface area contributed by atoms with Crippen molar-refractivity contribution >= 4 is 34.6 Å². The fourth-order valence-electron chi connectivity index (χ4n) is 5.37. The molecule has 2 aromatic heterocycles. The number of methoxy groups -OCH3 is 1. The van der Waals surface area contributed by atoms with E-state index in [0.717, 1.165) is 34.0 Å². The van der Waals surface area contributed by atoms with Gasteiger partial charge in [-0.15, -0.1) is 0 Å². The molecule has 0 aliphatic carbocycles. The van der Waals surface area contributed by atoms with Crippen LogP contribution in [0.5, 0.6) is 5.75 Å². The summed E-state index contributed by atoms with van der Waals surface area (Å²) in [4.78, 5) is 18.9. The topological polar surface area (TPSA) is 71.4 Å². The summed E-state index contributed by atoms with van der Waals surface area (Å²) in [5, 5.41) is 7.06. The first-order valence-electron chi connectivity index (χ1n) is 13.1. The van der Waals surface area contributed by atoms with E-state index in [2.05, 4.69) is 76.2 Å². The average Bonchev–Trinajstić information content (AvgIpc) is 3.43. The largest absolute Gasteiger partial charge is 0.494 e. The summed E-state index contributed by atoms with van der Waals surface area (Å²) in [6, 6.07) is 22.1. The summed E-state index contributed by atoms with van der Waals surface area (Å²) < 4.78 is 7.97. The molecule has 4 aromatic rings. The van der Waals surface area contributed by atoms with E-state index in [-0.39, 0.29) is 18.0 Å². The van der Waals surface area contributed by atoms with E-state index in [1.54, 1.807) is 7.11 Å². The molecule has 2 atom stereocenters. The van der Waals surface area contributed by atoms with Crippen molar-refractivity contribution < 1.29 is 9.53 Å². The summed E-state index contributed by atoms with van der Waals surface area (Å²) in [7, 11) is 1.60. The van der Waals surface area contributed by atoms with Crippen LogP contribution in [0, 0.1) is 20.8 Å². The molecule has 7 nitrogen and oxygen atoms in total. The minimum Gasteiger partial charge on any atom is -0.494 e. The summed E-state index contributed by atoms with van der Waals surface area (Å²) in [6.45, 7) is 8.22. The van der Waals surface area contributed by atoms with Crippen molar-refractivity contribution in [3.8, 4) is 11.4 Å². The summed E-state index contributed by atoms with van der Waals surface area (Å²) in [6.07, 6.45) is 2.19. The van der Waals surface area contributed by atoms with E-state index >= 15 is 0 Å². The lowest BCUT2D eigenvalue weighted by atomic mass is 9.96. The number of hydrogen-bond acceptors (Lipinski definition) is 4. The zero-order valence-electron chi connectivity index (χ0n) is 22.9. The molecule has 200 valence electrons. The number of ether oxygens (including phenoxy) is 1. The number of carbonyl (C=O) groups excluding carboxylic acids is 1. The average molecular weight is 540 g/mol. The van der Waals surface area contributed by atoms with Crippen LogP contribution < -0.4 is 20.3 Å². The minimum atomic E-state index is -0.171. The number of pyridine rings is 1. The highest BCUT2D eigenvalue weighted by atomic mass is 32.1. The Kier molecular flexibility index (Phi) is 7.39. The number of nitrogens with zero attached hydrogens (tertiary/aromatic N) is 3. The first-order chi connectivity index (χ1) is 18.8. The Morgan fingerprint density at radius 1 is 1.05 bits per heavy atom. The van der Waals surface area contributed by atoms with Gasteiger partial charge in [-0.25, -0.2) is 0 Å². The zero-order valence-corrected chi connectivity index (χ0v) is 23.7. The van der Waals surface area contributed by atoms with Gasteiger partial charge in [-0.05, 0) is 86.6 Å². The Morgan fingerprint density at radius 2 is 1.87 bits per heavy atom. The SMILES string of the molecule is CCC(=O)Nc1ccc(N2C(=S)N[C@@H](c3ccccn3)[C@@H]2c2cc(C)n(-c3cccc(C)c3)c2C)cc1OC. The molecule has 39 heavy (non-hydrogen) atoms. The number of rotatable bonds is 7. The number of anilines is 2. The molecule has 1 fully saturated rings. The second-order valence-electron chi connectivity index (χ2n) is 9.78. The number of thiocarbonyl (C=S) groups is 1. The monoisotopic (exact) mass is 539 g/mol. The van der Waals surface area contributed by atoms with Crippen LogP contribution >= 0.6 is 12.2 Å². The molecule has 0 radical (unpaired) electrons. The van der Waals surface area contributed by atoms with Crippen molar-refractivity contribution in [2.45, 2.75) is 46.2 Å². The van der Waals surface area contributed by atoms with E-state index in [4.69, 9.17) is 17.0 Å². The third kappa shape index (κ3) is 5.00. The second-order valence-corrected chi connectivity index (χ2v) is 10.2. The van der Waals surface area contributed by atoms with Gasteiger partial charge in [0.05, 0.1) is 30.6 Å². The van der Waals surface area contributed by atoms with Crippen molar-refractivity contribution in [2.75, 3.05) is 17.3 Å². The molecule has 0 spiro atoms. The maximum atomic E-state index is 12.1. The highest BCUT2D eigenvalue weighted by molar-refractivity contribution is 7.80. The molecule has 5 rings (SSSR count). The van der Waals surface area contributed by atoms with Gasteiger partial charge >= 0.3 is 0 Å². The smallest absolute Gasteiger partial charge is 0.224 e. The first-order valence-corrected chi connectivity index (χ1v) is 13.5. The molecule has 0 unspecified atom stereocenters. The zero-order chi connectivity index (χ0) is 27.7. The van der Waals surface area contributed by atoms with E-state index in [1.807, 2.05) is 49.5 Å². The third-order valence-corrected chi connectivity index (χ3v) is 7.52. The van der Waals surface area contributed by atoms with Crippen molar-refractivity contribution in [3.63, 3.8) is 0 Å². The van der Waals surface area contributed by atoms with Gasteiger partial charge in [-0.1, -0.05) is 25.1 Å². The Hall–Kier alpha value is -4.17. The third-order valence-electron chi connectivity index (χ3n) is 7.21. The predicted molar refractivity (Wildman–Crippen MR) is 160 cm³/mol. The van der Waals surface area contributed by atoms with E-state index in [9.17, 15) is 4.79 Å². The van der Waals surface area contributed by atoms with Crippen LogP contribution in [-0.4, -0.2) is 27.7 Å². The summed E-state index contributed by atoms with van der Waals surface area (Å²) in [5.74, 6) is 0.499. The number of aromatic nitrogens is 2. The van der Waals surface area contributed by atoms with Crippen molar-refractivity contribution in [1.82, 2.24) is 14.9 Å². The van der Waals surface area contributed by atoms with Crippen molar-refractivity contribution in [2.24, 2.45) is 0 Å². The molecule has 1 saturated heterocycles. The standard InChI is InChI=1S/C31H33N5O2S/c1-6-28(37)33-25-14-13-23(18-27(25)38-5)36-30(29(34-31(36)39)26-12-7-8-15-32-26)24-17-20(3)35(21(24)4)22-11-9-10-19(2)16-22/h7-18,29-30H,6H2,1-5H3,(H,33,37)(H,34,39)/t29-,30-/m0/s1. The van der Waals surface area contributed by atoms with E-state index in [0.29, 0.717) is 23.0 Å². The van der Waals surface area contributed by atoms with Gasteiger partial charge in [0.1, 0.15) is 5.75 Å². The number of carbonyl (C=O) groups is 1. The second kappa shape index (κ2) is 10.9. The van der Waals surface area contributed by atoms with Gasteiger partial charge in [-0.3, -0.25) is 9.78 Å². The molecule has 2 N–H and O–H groups in total. The van der Waals surface area contributed by atoms with Gasteiger partial charge in [-0.2, -0.15) is 0 Å². The van der Waals surface area contributed by atoms with Crippen LogP contribution in [0.4, 0.5) is 11.4 Å². The number of benzene rings is 2. The maximum Gasteiger partial charge on any atom is 0.224 e. The first kappa shape index (κ1) is 26.4. The number of nitrogens with one attached hydrogen (secondary N) is 2. The lowest BCUT2D eigenvalue weighted by molar-refractivity contribution is -0.115. The quantitative estimate of drug-likeness (QED) is 0.267. The molecule has 0 bridgehead atoms. The van der Waals surface area contributed by atoms with Crippen LogP contribution in [0.1, 0.15) is 53.6 Å². The number of hydrogen-bond donors (Lipinski definition) is 2. The molecule has 1 amide bonds. The normalized spacial score (nSPS) is 16.7. The molecule has 0 saturated carbocycles. The maximum absolute atomic E-state index is 12.1. The lowest BCUT2D eigenvalue weighted by Gasteiger charge is -2.29. The molecule has 1 aliphatic rings. The Labute approximate surface area is 234 Å². The van der Waals surface area contributed by atoms with Gasteiger partial charge in [0.2, 0.25) is 5.91 Å². The summed E-state index contributed by atoms with van der Waals surface area (Å²) in [5.41, 5.74) is 8.17. The molecule has 8 heteroatoms. The summed E-state index contributed by atoms with van der Waals surface area (Å²) >= 11 is 5.94. The highest BCUT2D eigenvalue weighted by Crippen LogP contribution is 2.45. The molecule has 2 aromatic carbocycles. The highest BCUT2D eigenvalue weighted by Gasteiger charge is 2.42. The van der Waals surface area contributed by atoms with Crippen LogP contribution in [0.3, 0.4) is 0 Å². The van der Waals surface area contributed by atoms with Crippen LogP contribution in [0.15, 0.2) is 72.9 Å². The van der Waals surface area contributed by atoms with Crippen LogP contribution in [0.2, 0.25) is 0 Å². The van der Waals surface area contributed by atoms with Crippen LogP contribution in [0.25, 0.3) is 5.69 Å². The van der Waals surface area contributed by atoms with E-state index in [1.165, 1.54) is 5.56 Å². The van der Waals surface area contributed by atoms with Gasteiger partial charge < -0.3 is 24.8 Å². The van der Waals surface area contributed by atoms with E-state index < -0.39 is 0 Å². The molecular formula is C31H33N5O2S. The molecule has 3 heterocycles. The van der Waals surface area contributed by atoms with Crippen molar-refractivity contribution in [1.29, 1.82) is 0 Å². The fourth-order valence-corrected chi connectivity index (χ4v) is 5.72. The minimum absolute atomic E-state index is 0.0731. The lowest BCUT2D eigenvalue weighted by Crippen LogP contribution is -2.29. The van der Waals surface area contributed by atoms with Crippen LogP contribution in [-0.2, 0) is 4.79 Å². The van der Waals surface area contributed by atoms with Gasteiger partial charge in [0, 0.05) is 41.4 Å². The Balaban J connectivity index is 1.65. The van der Waals surface area contributed by atoms with Gasteiger partial charge in [0.25, 0.3) is 0 Å².